The van der Waals surface area contributed by atoms with E-state index in [1.54, 1.807) is 52.0 Å². The number of hydrogen-bond donors (Lipinski definition) is 1. The van der Waals surface area contributed by atoms with E-state index >= 15 is 0 Å². The Labute approximate surface area is 231 Å². The molecule has 0 saturated heterocycles. The highest BCUT2D eigenvalue weighted by Crippen LogP contribution is 2.38. The van der Waals surface area contributed by atoms with Crippen molar-refractivity contribution in [3.8, 4) is 0 Å². The third-order valence-electron chi connectivity index (χ3n) is 5.44. The molecule has 0 spiro atoms. The molecular formula is C30H28N2O6S. The molecule has 9 heteroatoms. The van der Waals surface area contributed by atoms with Crippen LogP contribution < -0.4 is 10.2 Å². The van der Waals surface area contributed by atoms with Gasteiger partial charge in [0.1, 0.15) is 10.6 Å². The summed E-state index contributed by atoms with van der Waals surface area (Å²) in [6.45, 7) is 7.05. The predicted molar refractivity (Wildman–Crippen MR) is 149 cm³/mol. The van der Waals surface area contributed by atoms with Crippen LogP contribution in [0.3, 0.4) is 0 Å². The van der Waals surface area contributed by atoms with Crippen LogP contribution in [0, 0.1) is 0 Å². The lowest BCUT2D eigenvalue weighted by Gasteiger charge is -2.16. The normalized spacial score (nSPS) is 13.3. The fourth-order valence-corrected chi connectivity index (χ4v) is 4.65. The summed E-state index contributed by atoms with van der Waals surface area (Å²) >= 11 is 1.18. The molecule has 0 atom stereocenters. The molecule has 3 aromatic rings. The van der Waals surface area contributed by atoms with Crippen molar-refractivity contribution in [1.29, 1.82) is 0 Å². The van der Waals surface area contributed by atoms with E-state index in [1.165, 1.54) is 36.0 Å². The van der Waals surface area contributed by atoms with Gasteiger partial charge in [0.2, 0.25) is 0 Å². The van der Waals surface area contributed by atoms with E-state index in [-0.39, 0.29) is 22.8 Å². The lowest BCUT2D eigenvalue weighted by atomic mass is 10.2. The molecule has 1 heterocycles. The summed E-state index contributed by atoms with van der Waals surface area (Å²) in [4.78, 5) is 53.6. The lowest BCUT2D eigenvalue weighted by molar-refractivity contribution is -0.120. The highest BCUT2D eigenvalue weighted by Gasteiger charge is 2.40. The van der Waals surface area contributed by atoms with Crippen molar-refractivity contribution < 1.29 is 28.7 Å². The highest BCUT2D eigenvalue weighted by atomic mass is 32.2. The SMILES string of the molecule is CC(C)OC(=O)c1ccc(NC2=C(Sc3ccccc3)C(=O)N(c3ccc(C(=O)OC(C)C)cc3)C2=O)cc1. The second kappa shape index (κ2) is 12.0. The molecule has 0 aromatic heterocycles. The molecule has 2 amide bonds. The maximum atomic E-state index is 13.6. The van der Waals surface area contributed by atoms with E-state index < -0.39 is 23.8 Å². The number of thioether (sulfide) groups is 1. The van der Waals surface area contributed by atoms with Crippen LogP contribution in [0.4, 0.5) is 11.4 Å². The summed E-state index contributed by atoms with van der Waals surface area (Å²) in [6, 6.07) is 21.8. The molecule has 200 valence electrons. The Hall–Kier alpha value is -4.37. The smallest absolute Gasteiger partial charge is 0.338 e. The van der Waals surface area contributed by atoms with Crippen LogP contribution in [-0.2, 0) is 19.1 Å². The maximum Gasteiger partial charge on any atom is 0.338 e. The van der Waals surface area contributed by atoms with Crippen molar-refractivity contribution in [3.05, 3.63) is 101 Å². The first kappa shape index (κ1) is 27.7. The van der Waals surface area contributed by atoms with Gasteiger partial charge < -0.3 is 14.8 Å². The first-order chi connectivity index (χ1) is 18.6. The standard InChI is InChI=1S/C30H28N2O6S/c1-18(2)37-29(35)20-10-14-22(15-11-20)31-25-26(39-24-8-6-5-7-9-24)28(34)32(27(25)33)23-16-12-21(13-17-23)30(36)38-19(3)4/h5-19,31H,1-4H3. The van der Waals surface area contributed by atoms with E-state index in [4.69, 9.17) is 9.47 Å². The molecule has 0 fully saturated rings. The van der Waals surface area contributed by atoms with Crippen LogP contribution >= 0.6 is 11.8 Å². The fraction of sp³-hybridized carbons (Fsp3) is 0.200. The van der Waals surface area contributed by atoms with Crippen molar-refractivity contribution >= 4 is 46.9 Å². The third-order valence-corrected chi connectivity index (χ3v) is 6.53. The summed E-state index contributed by atoms with van der Waals surface area (Å²) in [5, 5.41) is 3.07. The molecule has 0 saturated carbocycles. The van der Waals surface area contributed by atoms with Crippen molar-refractivity contribution in [1.82, 2.24) is 0 Å². The zero-order chi connectivity index (χ0) is 28.1. The van der Waals surface area contributed by atoms with Crippen molar-refractivity contribution in [2.75, 3.05) is 10.2 Å². The number of hydrogen-bond acceptors (Lipinski definition) is 8. The van der Waals surface area contributed by atoms with Crippen LogP contribution in [0.5, 0.6) is 0 Å². The molecule has 4 rings (SSSR count). The van der Waals surface area contributed by atoms with E-state index in [0.29, 0.717) is 22.5 Å². The number of ether oxygens (including phenoxy) is 2. The molecule has 1 aliphatic heterocycles. The summed E-state index contributed by atoms with van der Waals surface area (Å²) in [7, 11) is 0. The van der Waals surface area contributed by atoms with Crippen molar-refractivity contribution in [2.45, 2.75) is 44.8 Å². The Morgan fingerprint density at radius 2 is 1.23 bits per heavy atom. The first-order valence-electron chi connectivity index (χ1n) is 12.4. The molecule has 1 aliphatic rings. The van der Waals surface area contributed by atoms with Gasteiger partial charge >= 0.3 is 11.9 Å². The lowest BCUT2D eigenvalue weighted by Crippen LogP contribution is -2.32. The van der Waals surface area contributed by atoms with Gasteiger partial charge in [0, 0.05) is 10.6 Å². The number of nitrogens with zero attached hydrogens (tertiary/aromatic N) is 1. The number of benzene rings is 3. The monoisotopic (exact) mass is 544 g/mol. The van der Waals surface area contributed by atoms with Gasteiger partial charge in [0.15, 0.2) is 0 Å². The number of imide groups is 1. The molecule has 0 bridgehead atoms. The number of amides is 2. The van der Waals surface area contributed by atoms with Gasteiger partial charge in [-0.25, -0.2) is 14.5 Å². The minimum atomic E-state index is -0.542. The number of rotatable bonds is 9. The average molecular weight is 545 g/mol. The maximum absolute atomic E-state index is 13.6. The largest absolute Gasteiger partial charge is 0.459 e. The van der Waals surface area contributed by atoms with Crippen LogP contribution in [0.1, 0.15) is 48.4 Å². The molecule has 0 aliphatic carbocycles. The summed E-state index contributed by atoms with van der Waals surface area (Å²) in [5.74, 6) is -1.97. The van der Waals surface area contributed by atoms with Crippen molar-refractivity contribution in [2.24, 2.45) is 0 Å². The summed E-state index contributed by atoms with van der Waals surface area (Å²) in [6.07, 6.45) is -0.523. The third kappa shape index (κ3) is 6.56. The van der Waals surface area contributed by atoms with Gasteiger partial charge in [-0.2, -0.15) is 0 Å². The zero-order valence-corrected chi connectivity index (χ0v) is 22.8. The van der Waals surface area contributed by atoms with E-state index in [1.807, 2.05) is 30.3 Å². The minimum absolute atomic E-state index is 0.106. The average Bonchev–Trinajstić information content (AvgIpc) is 3.13. The second-order valence-electron chi connectivity index (χ2n) is 9.22. The van der Waals surface area contributed by atoms with Crippen LogP contribution in [0.2, 0.25) is 0 Å². The molecule has 1 N–H and O–H groups in total. The Morgan fingerprint density at radius 1 is 0.718 bits per heavy atom. The number of carbonyl (C=O) groups excluding carboxylic acids is 4. The van der Waals surface area contributed by atoms with Gasteiger partial charge in [-0.15, -0.1) is 0 Å². The molecule has 0 unspecified atom stereocenters. The highest BCUT2D eigenvalue weighted by molar-refractivity contribution is 8.04. The Morgan fingerprint density at radius 3 is 1.74 bits per heavy atom. The second-order valence-corrected chi connectivity index (χ2v) is 10.3. The number of carbonyl (C=O) groups is 4. The van der Waals surface area contributed by atoms with E-state index in [0.717, 1.165) is 9.80 Å². The number of esters is 2. The number of nitrogens with one attached hydrogen (secondary N) is 1. The molecule has 39 heavy (non-hydrogen) atoms. The Bertz CT molecular complexity index is 1410. The van der Waals surface area contributed by atoms with Gasteiger partial charge in [-0.3, -0.25) is 9.59 Å². The first-order valence-corrected chi connectivity index (χ1v) is 13.2. The molecular weight excluding hydrogens is 516 g/mol. The van der Waals surface area contributed by atoms with Gasteiger partial charge in [-0.05, 0) is 88.4 Å². The predicted octanol–water partition coefficient (Wildman–Crippen LogP) is 5.81. The van der Waals surface area contributed by atoms with Crippen molar-refractivity contribution in [3.63, 3.8) is 0 Å². The minimum Gasteiger partial charge on any atom is -0.459 e. The van der Waals surface area contributed by atoms with Gasteiger partial charge in [0.25, 0.3) is 11.8 Å². The van der Waals surface area contributed by atoms with Gasteiger partial charge in [0.05, 0.1) is 29.0 Å². The number of anilines is 2. The van der Waals surface area contributed by atoms with Crippen LogP contribution in [0.15, 0.2) is 94.4 Å². The molecule has 3 aromatic carbocycles. The fourth-order valence-electron chi connectivity index (χ4n) is 3.70. The summed E-state index contributed by atoms with van der Waals surface area (Å²) < 4.78 is 10.4. The topological polar surface area (TPSA) is 102 Å². The summed E-state index contributed by atoms with van der Waals surface area (Å²) in [5.41, 5.74) is 1.63. The Kier molecular flexibility index (Phi) is 8.51. The molecule has 8 nitrogen and oxygen atoms in total. The van der Waals surface area contributed by atoms with E-state index in [2.05, 4.69) is 5.32 Å². The molecule has 0 radical (unpaired) electrons. The Balaban J connectivity index is 1.62. The van der Waals surface area contributed by atoms with Crippen LogP contribution in [0.25, 0.3) is 0 Å². The quantitative estimate of drug-likeness (QED) is 0.266. The van der Waals surface area contributed by atoms with E-state index in [9.17, 15) is 19.2 Å². The van der Waals surface area contributed by atoms with Gasteiger partial charge in [-0.1, -0.05) is 30.0 Å². The van der Waals surface area contributed by atoms with Crippen LogP contribution in [-0.4, -0.2) is 36.0 Å². The zero-order valence-electron chi connectivity index (χ0n) is 22.0.